The number of carbonyl (C=O) groups excluding carboxylic acids is 2. The Labute approximate surface area is 167 Å². The molecule has 1 aliphatic heterocycles. The lowest BCUT2D eigenvalue weighted by atomic mass is 9.98. The largest absolute Gasteiger partial charge is 0.338 e. The van der Waals surface area contributed by atoms with Gasteiger partial charge in [-0.2, -0.15) is 5.10 Å². The van der Waals surface area contributed by atoms with Crippen molar-refractivity contribution in [2.24, 2.45) is 13.0 Å². The Morgan fingerprint density at radius 3 is 2.55 bits per heavy atom. The van der Waals surface area contributed by atoms with Crippen molar-refractivity contribution in [2.75, 3.05) is 18.4 Å². The molecule has 6 nitrogen and oxygen atoms in total. The summed E-state index contributed by atoms with van der Waals surface area (Å²) in [5.74, 6) is -2.07. The molecule has 0 unspecified atom stereocenters. The summed E-state index contributed by atoms with van der Waals surface area (Å²) < 4.78 is 29.2. The fourth-order valence-electron chi connectivity index (χ4n) is 3.59. The molecule has 2 aromatic rings. The van der Waals surface area contributed by atoms with Crippen molar-refractivity contribution in [3.05, 3.63) is 52.9 Å². The summed E-state index contributed by atoms with van der Waals surface area (Å²) in [6.45, 7) is 3.18. The number of amides is 2. The number of aromatic nitrogens is 2. The van der Waals surface area contributed by atoms with E-state index in [1.165, 1.54) is 6.07 Å². The van der Waals surface area contributed by atoms with Gasteiger partial charge in [-0.05, 0) is 50.0 Å². The number of para-hydroxylation sites is 1. The fourth-order valence-corrected chi connectivity index (χ4v) is 3.59. The first kappa shape index (κ1) is 19.3. The lowest BCUT2D eigenvalue weighted by Crippen LogP contribution is -2.37. The molecule has 0 spiro atoms. The van der Waals surface area contributed by atoms with Crippen LogP contribution in [-0.4, -0.2) is 39.6 Å². The highest BCUT2D eigenvalue weighted by Crippen LogP contribution is 2.34. The molecule has 1 aromatic carbocycles. The lowest BCUT2D eigenvalue weighted by molar-refractivity contribution is -0.132. The highest BCUT2D eigenvalue weighted by atomic mass is 19.1. The van der Waals surface area contributed by atoms with E-state index in [9.17, 15) is 18.4 Å². The van der Waals surface area contributed by atoms with Gasteiger partial charge >= 0.3 is 0 Å². The van der Waals surface area contributed by atoms with Crippen LogP contribution in [0.1, 0.15) is 42.4 Å². The summed E-state index contributed by atoms with van der Waals surface area (Å²) in [6.07, 6.45) is 2.67. The van der Waals surface area contributed by atoms with E-state index in [0.29, 0.717) is 13.1 Å². The second-order valence-electron chi connectivity index (χ2n) is 7.63. The first-order chi connectivity index (χ1) is 13.8. The molecule has 2 aliphatic rings. The monoisotopic (exact) mass is 400 g/mol. The predicted octanol–water partition coefficient (Wildman–Crippen LogP) is 3.37. The Kier molecular flexibility index (Phi) is 4.94. The van der Waals surface area contributed by atoms with Crippen molar-refractivity contribution >= 4 is 23.1 Å². The van der Waals surface area contributed by atoms with Crippen molar-refractivity contribution in [1.29, 1.82) is 0 Å². The number of benzene rings is 1. The van der Waals surface area contributed by atoms with Gasteiger partial charge in [-0.1, -0.05) is 11.6 Å². The van der Waals surface area contributed by atoms with E-state index in [-0.39, 0.29) is 17.5 Å². The highest BCUT2D eigenvalue weighted by molar-refractivity contribution is 6.03. The molecule has 4 rings (SSSR count). The summed E-state index contributed by atoms with van der Waals surface area (Å²) in [6, 6.07) is 4.97. The zero-order chi connectivity index (χ0) is 20.7. The van der Waals surface area contributed by atoms with E-state index < -0.39 is 23.2 Å². The molecule has 0 bridgehead atoms. The van der Waals surface area contributed by atoms with Crippen LogP contribution in [0.15, 0.2) is 29.8 Å². The van der Waals surface area contributed by atoms with Gasteiger partial charge < -0.3 is 10.2 Å². The van der Waals surface area contributed by atoms with Crippen LogP contribution in [0, 0.1) is 17.6 Å². The van der Waals surface area contributed by atoms with Gasteiger partial charge in [0.05, 0.1) is 5.69 Å². The molecule has 1 saturated carbocycles. The predicted molar refractivity (Wildman–Crippen MR) is 104 cm³/mol. The molecule has 2 amide bonds. The number of aryl methyl sites for hydroxylation is 1. The molecule has 0 saturated heterocycles. The molecule has 0 atom stereocenters. The molecule has 8 heteroatoms. The zero-order valence-corrected chi connectivity index (χ0v) is 16.3. The van der Waals surface area contributed by atoms with Gasteiger partial charge in [0.15, 0.2) is 5.69 Å². The average molecular weight is 400 g/mol. The van der Waals surface area contributed by atoms with Crippen LogP contribution >= 0.6 is 0 Å². The summed E-state index contributed by atoms with van der Waals surface area (Å²) in [5, 5.41) is 6.47. The minimum Gasteiger partial charge on any atom is -0.338 e. The van der Waals surface area contributed by atoms with Gasteiger partial charge in [-0.15, -0.1) is 0 Å². The second kappa shape index (κ2) is 7.42. The van der Waals surface area contributed by atoms with E-state index >= 15 is 0 Å². The molecule has 152 valence electrons. The summed E-state index contributed by atoms with van der Waals surface area (Å²) >= 11 is 0. The van der Waals surface area contributed by atoms with Gasteiger partial charge in [-0.3, -0.25) is 14.3 Å². The van der Waals surface area contributed by atoms with Crippen LogP contribution < -0.4 is 5.32 Å². The maximum atomic E-state index is 13.8. The molecule has 0 radical (unpaired) electrons. The van der Waals surface area contributed by atoms with E-state index in [2.05, 4.69) is 10.4 Å². The van der Waals surface area contributed by atoms with Crippen molar-refractivity contribution < 1.29 is 18.4 Å². The second-order valence-corrected chi connectivity index (χ2v) is 7.63. The van der Waals surface area contributed by atoms with E-state index in [0.717, 1.165) is 48.2 Å². The first-order valence-corrected chi connectivity index (χ1v) is 9.62. The number of hydrogen-bond donors (Lipinski definition) is 1. The number of halogens is 2. The van der Waals surface area contributed by atoms with Crippen LogP contribution in [-0.2, 0) is 11.8 Å². The van der Waals surface area contributed by atoms with Crippen LogP contribution in [0.2, 0.25) is 0 Å². The molecular weight excluding hydrogens is 378 g/mol. The number of hydrogen-bond acceptors (Lipinski definition) is 3. The van der Waals surface area contributed by atoms with Crippen molar-refractivity contribution in [3.8, 4) is 0 Å². The Morgan fingerprint density at radius 2 is 1.90 bits per heavy atom. The quantitative estimate of drug-likeness (QED) is 0.856. The smallest absolute Gasteiger partial charge is 0.276 e. The molecule has 2 heterocycles. The highest BCUT2D eigenvalue weighted by Gasteiger charge is 2.35. The first-order valence-electron chi connectivity index (χ1n) is 9.62. The van der Waals surface area contributed by atoms with Gasteiger partial charge in [-0.25, -0.2) is 8.78 Å². The molecule has 29 heavy (non-hydrogen) atoms. The van der Waals surface area contributed by atoms with Crippen LogP contribution in [0.25, 0.3) is 5.57 Å². The zero-order valence-electron chi connectivity index (χ0n) is 16.3. The average Bonchev–Trinajstić information content (AvgIpc) is 3.47. The summed E-state index contributed by atoms with van der Waals surface area (Å²) in [4.78, 5) is 26.8. The van der Waals surface area contributed by atoms with Gasteiger partial charge in [0.1, 0.15) is 17.3 Å². The minimum atomic E-state index is -0.852. The molecule has 1 aliphatic carbocycles. The Bertz CT molecular complexity index is 1000. The van der Waals surface area contributed by atoms with Crippen molar-refractivity contribution in [1.82, 2.24) is 14.7 Å². The van der Waals surface area contributed by atoms with Crippen molar-refractivity contribution in [3.63, 3.8) is 0 Å². The Morgan fingerprint density at radius 1 is 1.21 bits per heavy atom. The third-order valence-electron chi connectivity index (χ3n) is 5.48. The standard InChI is InChI=1S/C21H22F2N4O2/c1-12-8-9-27(21(29)13-6-7-13)11-14(12)18-10-17(25-26(18)2)20(28)24-19-15(22)4-3-5-16(19)23/h3-5,10,13H,6-9,11H2,1-2H3,(H,24,28). The topological polar surface area (TPSA) is 67.2 Å². The molecule has 1 N–H and O–H groups in total. The number of carbonyl (C=O) groups is 2. The van der Waals surface area contributed by atoms with E-state index in [1.807, 2.05) is 11.8 Å². The van der Waals surface area contributed by atoms with Crippen LogP contribution in [0.5, 0.6) is 0 Å². The number of anilines is 1. The third-order valence-corrected chi connectivity index (χ3v) is 5.48. The number of nitrogens with one attached hydrogen (secondary N) is 1. The number of rotatable bonds is 4. The van der Waals surface area contributed by atoms with E-state index in [4.69, 9.17) is 0 Å². The fraction of sp³-hybridized carbons (Fsp3) is 0.381. The summed E-state index contributed by atoms with van der Waals surface area (Å²) in [7, 11) is 1.71. The molecule has 1 aromatic heterocycles. The van der Waals surface area contributed by atoms with Crippen molar-refractivity contribution in [2.45, 2.75) is 26.2 Å². The Hall–Kier alpha value is -3.03. The maximum Gasteiger partial charge on any atom is 0.276 e. The summed E-state index contributed by atoms with van der Waals surface area (Å²) in [5.41, 5.74) is 2.36. The Balaban J connectivity index is 1.57. The SMILES string of the molecule is CC1=C(c2cc(C(=O)Nc3c(F)cccc3F)nn2C)CN(C(=O)C2CC2)CC1. The third kappa shape index (κ3) is 3.79. The van der Waals surface area contributed by atoms with Crippen LogP contribution in [0.3, 0.4) is 0 Å². The number of nitrogens with zero attached hydrogens (tertiary/aromatic N) is 3. The molecular formula is C21H22F2N4O2. The normalized spacial score (nSPS) is 16.9. The van der Waals surface area contributed by atoms with Gasteiger partial charge in [0, 0.05) is 26.1 Å². The lowest BCUT2D eigenvalue weighted by Gasteiger charge is -2.30. The van der Waals surface area contributed by atoms with Crippen LogP contribution in [0.4, 0.5) is 14.5 Å². The minimum absolute atomic E-state index is 0.0519. The maximum absolute atomic E-state index is 13.8. The van der Waals surface area contributed by atoms with E-state index in [1.54, 1.807) is 17.8 Å². The van der Waals surface area contributed by atoms with Gasteiger partial charge in [0.25, 0.3) is 5.91 Å². The van der Waals surface area contributed by atoms with Gasteiger partial charge in [0.2, 0.25) is 5.91 Å². The molecule has 1 fully saturated rings.